The van der Waals surface area contributed by atoms with E-state index < -0.39 is 41.8 Å². The van der Waals surface area contributed by atoms with Crippen molar-refractivity contribution in [3.05, 3.63) is 71.5 Å². The average Bonchev–Trinajstić information content (AvgIpc) is 3.70. The first-order valence-corrected chi connectivity index (χ1v) is 14.9. The number of fused-ring (bicyclic) bond motifs is 1. The summed E-state index contributed by atoms with van der Waals surface area (Å²) in [5.74, 6) is -2.96. The zero-order valence-electron chi connectivity index (χ0n) is 25.2. The van der Waals surface area contributed by atoms with E-state index in [2.05, 4.69) is 36.6 Å². The molecule has 1 aliphatic heterocycles. The van der Waals surface area contributed by atoms with Crippen molar-refractivity contribution in [1.82, 2.24) is 36.6 Å². The van der Waals surface area contributed by atoms with E-state index >= 15 is 0 Å². The summed E-state index contributed by atoms with van der Waals surface area (Å²) >= 11 is 0. The second-order valence-electron chi connectivity index (χ2n) is 11.0. The van der Waals surface area contributed by atoms with Crippen LogP contribution >= 0.6 is 0 Å². The maximum atomic E-state index is 14.2. The summed E-state index contributed by atoms with van der Waals surface area (Å²) in [7, 11) is 0. The summed E-state index contributed by atoms with van der Waals surface area (Å²) in [6, 6.07) is 13.2. The lowest BCUT2D eigenvalue weighted by Crippen LogP contribution is -2.58. The summed E-state index contributed by atoms with van der Waals surface area (Å²) in [6.07, 6.45) is 0.785. The monoisotopic (exact) mass is 618 g/mol. The molecule has 1 aliphatic rings. The maximum absolute atomic E-state index is 14.2. The molecule has 2 aromatic carbocycles. The van der Waals surface area contributed by atoms with Gasteiger partial charge in [0.1, 0.15) is 18.1 Å². The van der Waals surface area contributed by atoms with E-state index in [1.54, 1.807) is 12.1 Å². The van der Waals surface area contributed by atoms with Crippen molar-refractivity contribution in [1.29, 1.82) is 0 Å². The Kier molecular flexibility index (Phi) is 11.3. The molecular formula is C31H38N8O6. The Hall–Kier alpha value is -5.14. The third-order valence-corrected chi connectivity index (χ3v) is 7.84. The van der Waals surface area contributed by atoms with Crippen LogP contribution in [0.4, 0.5) is 5.69 Å². The highest BCUT2D eigenvalue weighted by atomic mass is 16.4. The Labute approximate surface area is 260 Å². The Morgan fingerprint density at radius 2 is 1.78 bits per heavy atom. The van der Waals surface area contributed by atoms with Crippen molar-refractivity contribution in [3.8, 4) is 0 Å². The lowest BCUT2D eigenvalue weighted by molar-refractivity contribution is -0.137. The molecule has 45 heavy (non-hydrogen) atoms. The second kappa shape index (κ2) is 15.5. The van der Waals surface area contributed by atoms with Gasteiger partial charge in [0.15, 0.2) is 5.82 Å². The van der Waals surface area contributed by atoms with Crippen molar-refractivity contribution in [2.24, 2.45) is 5.92 Å². The molecule has 0 unspecified atom stereocenters. The van der Waals surface area contributed by atoms with Gasteiger partial charge in [-0.1, -0.05) is 74.0 Å². The largest absolute Gasteiger partial charge is 0.481 e. The molecule has 0 saturated heterocycles. The Balaban J connectivity index is 1.56. The van der Waals surface area contributed by atoms with Crippen LogP contribution in [0.5, 0.6) is 0 Å². The number of para-hydroxylation sites is 1. The number of carboxylic acid groups (broad SMARTS) is 1. The number of H-pyrrole nitrogens is 1. The fourth-order valence-corrected chi connectivity index (χ4v) is 5.26. The summed E-state index contributed by atoms with van der Waals surface area (Å²) in [4.78, 5) is 67.0. The van der Waals surface area contributed by atoms with Crippen molar-refractivity contribution < 1.29 is 29.1 Å². The first-order chi connectivity index (χ1) is 21.7. The van der Waals surface area contributed by atoms with Gasteiger partial charge < -0.3 is 21.1 Å². The number of carbonyl (C=O) groups excluding carboxylic acids is 4. The normalized spacial score (nSPS) is 15.8. The summed E-state index contributed by atoms with van der Waals surface area (Å²) in [5, 5.41) is 31.1. The number of aromatic amines is 1. The molecule has 14 nitrogen and oxygen atoms in total. The number of anilines is 1. The van der Waals surface area contributed by atoms with Crippen LogP contribution in [0, 0.1) is 5.92 Å². The van der Waals surface area contributed by atoms with E-state index in [1.807, 2.05) is 56.3 Å². The number of rotatable bonds is 15. The van der Waals surface area contributed by atoms with Crippen LogP contribution in [0.3, 0.4) is 0 Å². The van der Waals surface area contributed by atoms with Gasteiger partial charge in [-0.05, 0) is 36.0 Å². The molecule has 0 spiro atoms. The first-order valence-electron chi connectivity index (χ1n) is 14.9. The average molecular weight is 619 g/mol. The molecule has 3 aromatic rings. The van der Waals surface area contributed by atoms with Crippen LogP contribution in [0.1, 0.15) is 56.5 Å². The number of aromatic nitrogens is 4. The van der Waals surface area contributed by atoms with Crippen LogP contribution in [0.25, 0.3) is 0 Å². The van der Waals surface area contributed by atoms with E-state index in [0.717, 1.165) is 11.1 Å². The fraction of sp³-hybridized carbons (Fsp3) is 0.419. The molecule has 238 valence electrons. The minimum atomic E-state index is -1.16. The number of nitrogens with one attached hydrogen (secondary N) is 4. The molecule has 0 radical (unpaired) electrons. The molecular weight excluding hydrogens is 580 g/mol. The Bertz CT molecular complexity index is 1480. The Morgan fingerprint density at radius 1 is 1.04 bits per heavy atom. The summed E-state index contributed by atoms with van der Waals surface area (Å²) < 4.78 is 0. The number of nitrogens with zero attached hydrogens (tertiary/aromatic N) is 4. The van der Waals surface area contributed by atoms with Gasteiger partial charge in [0.05, 0.1) is 13.0 Å². The minimum absolute atomic E-state index is 0.0117. The highest BCUT2D eigenvalue weighted by Crippen LogP contribution is 2.33. The van der Waals surface area contributed by atoms with Crippen molar-refractivity contribution in [2.75, 3.05) is 4.90 Å². The first kappa shape index (κ1) is 32.8. The topological polar surface area (TPSA) is 199 Å². The van der Waals surface area contributed by atoms with Gasteiger partial charge in [0.25, 0.3) is 0 Å². The number of amides is 4. The van der Waals surface area contributed by atoms with E-state index in [9.17, 15) is 29.1 Å². The van der Waals surface area contributed by atoms with Crippen molar-refractivity contribution in [3.63, 3.8) is 0 Å². The smallest absolute Gasteiger partial charge is 0.303 e. The van der Waals surface area contributed by atoms with E-state index in [0.29, 0.717) is 12.1 Å². The van der Waals surface area contributed by atoms with Crippen molar-refractivity contribution in [2.45, 2.75) is 77.0 Å². The SMILES string of the molecule is CC[C@H](C)[C@H](NC(=O)Cc1ccccc1)C(=O)N[C@@H](CCCC(=O)O)C(=O)N1c2ccccc2C[C@H]1C(=O)NCc1nn[nH]n1. The van der Waals surface area contributed by atoms with Crippen LogP contribution in [-0.2, 0) is 43.4 Å². The van der Waals surface area contributed by atoms with Crippen LogP contribution < -0.4 is 20.9 Å². The molecule has 4 atom stereocenters. The third kappa shape index (κ3) is 8.71. The van der Waals surface area contributed by atoms with Gasteiger partial charge in [0, 0.05) is 18.5 Å². The van der Waals surface area contributed by atoms with Crippen LogP contribution in [0.2, 0.25) is 0 Å². The molecule has 4 amide bonds. The van der Waals surface area contributed by atoms with E-state index in [4.69, 9.17) is 0 Å². The summed E-state index contributed by atoms with van der Waals surface area (Å²) in [5.41, 5.74) is 2.08. The van der Waals surface area contributed by atoms with Crippen LogP contribution in [0.15, 0.2) is 54.6 Å². The molecule has 0 aliphatic carbocycles. The van der Waals surface area contributed by atoms with E-state index in [-0.39, 0.29) is 56.3 Å². The lowest BCUT2D eigenvalue weighted by atomic mass is 9.97. The maximum Gasteiger partial charge on any atom is 0.303 e. The predicted octanol–water partition coefficient (Wildman–Crippen LogP) is 1.29. The molecule has 4 rings (SSSR count). The lowest BCUT2D eigenvalue weighted by Gasteiger charge is -2.31. The third-order valence-electron chi connectivity index (χ3n) is 7.84. The van der Waals surface area contributed by atoms with Gasteiger partial charge >= 0.3 is 5.97 Å². The highest BCUT2D eigenvalue weighted by Gasteiger charge is 2.41. The molecule has 0 bridgehead atoms. The van der Waals surface area contributed by atoms with Gasteiger partial charge in [-0.3, -0.25) is 28.9 Å². The zero-order valence-corrected chi connectivity index (χ0v) is 25.2. The van der Waals surface area contributed by atoms with Crippen LogP contribution in [-0.4, -0.2) is 73.5 Å². The Morgan fingerprint density at radius 3 is 2.47 bits per heavy atom. The molecule has 0 saturated carbocycles. The molecule has 2 heterocycles. The van der Waals surface area contributed by atoms with Gasteiger partial charge in [0.2, 0.25) is 23.6 Å². The van der Waals surface area contributed by atoms with Gasteiger partial charge in [-0.15, -0.1) is 10.2 Å². The zero-order chi connectivity index (χ0) is 32.3. The second-order valence-corrected chi connectivity index (χ2v) is 11.0. The molecule has 1 aromatic heterocycles. The number of benzene rings is 2. The standard InChI is InChI=1S/C31H38N8O6/c1-3-19(2)28(34-26(40)16-20-10-5-4-6-11-20)30(44)33-22(13-9-15-27(41)42)31(45)39-23-14-8-7-12-21(23)17-24(39)29(43)32-18-25-35-37-38-36-25/h4-8,10-12,14,19,22,24,28H,3,9,13,15-18H2,1-2H3,(H,32,43)(H,33,44)(H,34,40)(H,41,42)(H,35,36,37,38)/t19-,22-,24-,28-/m0/s1. The predicted molar refractivity (Wildman–Crippen MR) is 162 cm³/mol. The molecule has 14 heteroatoms. The molecule has 5 N–H and O–H groups in total. The highest BCUT2D eigenvalue weighted by molar-refractivity contribution is 6.07. The molecule has 0 fully saturated rings. The summed E-state index contributed by atoms with van der Waals surface area (Å²) in [6.45, 7) is 3.71. The van der Waals surface area contributed by atoms with Gasteiger partial charge in [-0.2, -0.15) is 5.21 Å². The number of hydrogen-bond acceptors (Lipinski definition) is 8. The number of aliphatic carboxylic acids is 1. The van der Waals surface area contributed by atoms with E-state index in [1.165, 1.54) is 4.90 Å². The quantitative estimate of drug-likeness (QED) is 0.166. The fourth-order valence-electron chi connectivity index (χ4n) is 5.26. The number of carboxylic acids is 1. The number of tetrazole rings is 1. The number of carbonyl (C=O) groups is 5. The number of hydrogen-bond donors (Lipinski definition) is 5. The van der Waals surface area contributed by atoms with Crippen molar-refractivity contribution >= 4 is 35.3 Å². The van der Waals surface area contributed by atoms with Gasteiger partial charge in [-0.25, -0.2) is 0 Å². The minimum Gasteiger partial charge on any atom is -0.481 e.